The van der Waals surface area contributed by atoms with Crippen molar-refractivity contribution in [1.29, 1.82) is 0 Å². The van der Waals surface area contributed by atoms with Crippen molar-refractivity contribution in [3.63, 3.8) is 0 Å². The second-order valence-corrected chi connectivity index (χ2v) is 6.57. The lowest BCUT2D eigenvalue weighted by molar-refractivity contribution is 0.600. The zero-order valence-electron chi connectivity index (χ0n) is 10.3. The third-order valence-corrected chi connectivity index (χ3v) is 4.38. The lowest BCUT2D eigenvalue weighted by Gasteiger charge is -2.13. The molecule has 2 rings (SSSR count). The summed E-state index contributed by atoms with van der Waals surface area (Å²) in [5.74, 6) is 0.228. The van der Waals surface area contributed by atoms with Crippen molar-refractivity contribution in [2.45, 2.75) is 6.42 Å². The van der Waals surface area contributed by atoms with Gasteiger partial charge < -0.3 is 0 Å². The second kappa shape index (κ2) is 6.43. The van der Waals surface area contributed by atoms with Crippen LogP contribution in [0.4, 0.5) is 5.69 Å². The van der Waals surface area contributed by atoms with Gasteiger partial charge in [-0.1, -0.05) is 17.7 Å². The number of sulfonamides is 1. The Morgan fingerprint density at radius 1 is 1.35 bits per heavy atom. The Balaban J connectivity index is 2.36. The third kappa shape index (κ3) is 3.62. The highest BCUT2D eigenvalue weighted by atomic mass is 35.5. The fraction of sp³-hybridized carbons (Fsp3) is 0.273. The van der Waals surface area contributed by atoms with Crippen molar-refractivity contribution in [3.05, 3.63) is 35.9 Å². The van der Waals surface area contributed by atoms with Crippen molar-refractivity contribution in [2.24, 2.45) is 0 Å². The van der Waals surface area contributed by atoms with Crippen LogP contribution in [0.25, 0.3) is 5.69 Å². The summed E-state index contributed by atoms with van der Waals surface area (Å²) in [5, 5.41) is 4.33. The molecule has 0 saturated carbocycles. The molecule has 6 nitrogen and oxygen atoms in total. The number of alkyl halides is 1. The molecule has 9 heteroatoms. The summed E-state index contributed by atoms with van der Waals surface area (Å²) >= 11 is 11.6. The summed E-state index contributed by atoms with van der Waals surface area (Å²) in [6, 6.07) is 4.92. The van der Waals surface area contributed by atoms with Crippen molar-refractivity contribution in [1.82, 2.24) is 14.8 Å². The molecular formula is C11H12Cl2N4O2S. The lowest BCUT2D eigenvalue weighted by Crippen LogP contribution is -2.18. The molecule has 0 fully saturated rings. The van der Waals surface area contributed by atoms with E-state index in [0.29, 0.717) is 22.8 Å². The van der Waals surface area contributed by atoms with Gasteiger partial charge in [-0.3, -0.25) is 4.72 Å². The predicted octanol–water partition coefficient (Wildman–Crippen LogP) is 2.29. The van der Waals surface area contributed by atoms with Gasteiger partial charge in [0.05, 0.1) is 16.5 Å². The van der Waals surface area contributed by atoms with Gasteiger partial charge in [0.2, 0.25) is 10.0 Å². The number of hydrogen-bond donors (Lipinski definition) is 1. The van der Waals surface area contributed by atoms with Gasteiger partial charge in [-0.25, -0.2) is 18.1 Å². The predicted molar refractivity (Wildman–Crippen MR) is 79.1 cm³/mol. The van der Waals surface area contributed by atoms with Crippen molar-refractivity contribution < 1.29 is 8.42 Å². The van der Waals surface area contributed by atoms with E-state index in [1.54, 1.807) is 18.2 Å². The van der Waals surface area contributed by atoms with Gasteiger partial charge in [0.1, 0.15) is 18.3 Å². The molecule has 2 aromatic rings. The topological polar surface area (TPSA) is 76.9 Å². The first-order valence-corrected chi connectivity index (χ1v) is 8.30. The zero-order valence-corrected chi connectivity index (χ0v) is 12.7. The normalized spacial score (nSPS) is 11.5. The molecule has 0 atom stereocenters. The molecule has 0 spiro atoms. The average Bonchev–Trinajstić information content (AvgIpc) is 2.90. The van der Waals surface area contributed by atoms with E-state index in [0.717, 1.165) is 0 Å². The number of benzene rings is 1. The molecule has 0 unspecified atom stereocenters. The minimum atomic E-state index is -3.48. The molecular weight excluding hydrogens is 323 g/mol. The number of nitrogens with one attached hydrogen (secondary N) is 1. The molecule has 0 bridgehead atoms. The Kier molecular flexibility index (Phi) is 4.85. The minimum Gasteiger partial charge on any atom is -0.281 e. The highest BCUT2D eigenvalue weighted by molar-refractivity contribution is 7.92. The van der Waals surface area contributed by atoms with Crippen molar-refractivity contribution in [2.75, 3.05) is 16.4 Å². The molecule has 0 saturated heterocycles. The van der Waals surface area contributed by atoms with Crippen molar-refractivity contribution in [3.8, 4) is 5.69 Å². The summed E-state index contributed by atoms with van der Waals surface area (Å²) in [6.07, 6.45) is 3.16. The highest BCUT2D eigenvalue weighted by Gasteiger charge is 2.16. The number of para-hydroxylation sites is 1. The molecule has 1 aromatic carbocycles. The Morgan fingerprint density at radius 3 is 2.80 bits per heavy atom. The maximum Gasteiger partial charge on any atom is 0.232 e. The van der Waals surface area contributed by atoms with Gasteiger partial charge in [0.25, 0.3) is 0 Å². The molecule has 108 valence electrons. The van der Waals surface area contributed by atoms with E-state index in [1.165, 1.54) is 17.3 Å². The van der Waals surface area contributed by atoms with Crippen LogP contribution in [-0.2, 0) is 10.0 Å². The molecule has 20 heavy (non-hydrogen) atoms. The maximum atomic E-state index is 11.9. The molecule has 1 aromatic heterocycles. The van der Waals surface area contributed by atoms with E-state index in [4.69, 9.17) is 23.2 Å². The van der Waals surface area contributed by atoms with Crippen LogP contribution in [0.2, 0.25) is 5.02 Å². The molecule has 1 heterocycles. The fourth-order valence-corrected chi connectivity index (χ4v) is 3.30. The monoisotopic (exact) mass is 334 g/mol. The van der Waals surface area contributed by atoms with E-state index in [9.17, 15) is 8.42 Å². The Hall–Kier alpha value is -1.31. The number of hydrogen-bond acceptors (Lipinski definition) is 4. The summed E-state index contributed by atoms with van der Waals surface area (Å²) in [7, 11) is -3.48. The molecule has 1 N–H and O–H groups in total. The number of halogens is 2. The second-order valence-electron chi connectivity index (χ2n) is 3.94. The van der Waals surface area contributed by atoms with Crippen LogP contribution in [0.15, 0.2) is 30.9 Å². The van der Waals surface area contributed by atoms with Gasteiger partial charge in [-0.2, -0.15) is 5.10 Å². The van der Waals surface area contributed by atoms with Crippen LogP contribution in [0.5, 0.6) is 0 Å². The summed E-state index contributed by atoms with van der Waals surface area (Å²) in [6.45, 7) is 0. The van der Waals surface area contributed by atoms with Crippen LogP contribution >= 0.6 is 23.2 Å². The number of nitrogens with zero attached hydrogens (tertiary/aromatic N) is 3. The standard InChI is InChI=1S/C11H12Cl2N4O2S/c12-5-2-6-20(18,19)16-10-4-1-3-9(13)11(10)17-8-14-7-15-17/h1,3-4,7-8,16H,2,5-6H2. The first-order chi connectivity index (χ1) is 9.53. The number of aromatic nitrogens is 3. The van der Waals surface area contributed by atoms with Gasteiger partial charge in [0, 0.05) is 5.88 Å². The van der Waals surface area contributed by atoms with E-state index < -0.39 is 10.0 Å². The summed E-state index contributed by atoms with van der Waals surface area (Å²) < 4.78 is 27.8. The van der Waals surface area contributed by atoms with Crippen LogP contribution in [0, 0.1) is 0 Å². The first-order valence-electron chi connectivity index (χ1n) is 5.73. The number of anilines is 1. The summed E-state index contributed by atoms with van der Waals surface area (Å²) in [4.78, 5) is 3.83. The van der Waals surface area contributed by atoms with Gasteiger partial charge in [-0.05, 0) is 18.6 Å². The van der Waals surface area contributed by atoms with Crippen LogP contribution < -0.4 is 4.72 Å². The van der Waals surface area contributed by atoms with Gasteiger partial charge >= 0.3 is 0 Å². The Labute approximate surface area is 126 Å². The Bertz CT molecular complexity index is 674. The molecule has 0 aliphatic heterocycles. The van der Waals surface area contributed by atoms with Crippen LogP contribution in [0.3, 0.4) is 0 Å². The zero-order chi connectivity index (χ0) is 14.6. The van der Waals surface area contributed by atoms with Crippen LogP contribution in [-0.4, -0.2) is 34.8 Å². The smallest absolute Gasteiger partial charge is 0.232 e. The van der Waals surface area contributed by atoms with Crippen LogP contribution in [0.1, 0.15) is 6.42 Å². The quantitative estimate of drug-likeness (QED) is 0.822. The fourth-order valence-electron chi connectivity index (χ4n) is 1.62. The van der Waals surface area contributed by atoms with E-state index in [-0.39, 0.29) is 11.6 Å². The lowest BCUT2D eigenvalue weighted by atomic mass is 10.3. The average molecular weight is 335 g/mol. The van der Waals surface area contributed by atoms with E-state index in [2.05, 4.69) is 14.8 Å². The highest BCUT2D eigenvalue weighted by Crippen LogP contribution is 2.28. The number of rotatable bonds is 6. The Morgan fingerprint density at radius 2 is 2.15 bits per heavy atom. The minimum absolute atomic E-state index is 0.0557. The third-order valence-electron chi connectivity index (χ3n) is 2.45. The maximum absolute atomic E-state index is 11.9. The van der Waals surface area contributed by atoms with Gasteiger partial charge in [-0.15, -0.1) is 11.6 Å². The summed E-state index contributed by atoms with van der Waals surface area (Å²) in [5.41, 5.74) is 0.777. The molecule has 0 aliphatic carbocycles. The van der Waals surface area contributed by atoms with E-state index in [1.807, 2.05) is 0 Å². The van der Waals surface area contributed by atoms with E-state index >= 15 is 0 Å². The van der Waals surface area contributed by atoms with Gasteiger partial charge in [0.15, 0.2) is 0 Å². The molecule has 0 radical (unpaired) electrons. The molecule has 0 amide bonds. The largest absolute Gasteiger partial charge is 0.281 e. The SMILES string of the molecule is O=S(=O)(CCCCl)Nc1cccc(Cl)c1-n1cncn1. The first kappa shape index (κ1) is 15.1. The molecule has 0 aliphatic rings. The van der Waals surface area contributed by atoms with Crippen molar-refractivity contribution >= 4 is 38.9 Å².